The summed E-state index contributed by atoms with van der Waals surface area (Å²) in [5.74, 6) is 0. The van der Waals surface area contributed by atoms with Crippen LogP contribution < -0.4 is 0 Å². The number of unbranched alkanes of at least 4 members (excludes halogenated alkanes) is 5. The maximum atomic E-state index is 9.99. The third-order valence-corrected chi connectivity index (χ3v) is 2.28. The zero-order valence-electron chi connectivity index (χ0n) is 8.78. The molecule has 3 nitrogen and oxygen atoms in total. The van der Waals surface area contributed by atoms with Gasteiger partial charge in [-0.3, -0.25) is 4.18 Å². The van der Waals surface area contributed by atoms with E-state index in [4.69, 9.17) is 0 Å². The standard InChI is InChI=1S/C10H20O3S/c1-2-3-4-5-6-7-8-9-10-13-14(11)12/h8-9,14H,2-7,10H2,1H3. The van der Waals surface area contributed by atoms with E-state index in [1.807, 2.05) is 6.08 Å². The molecule has 0 amide bonds. The normalized spacial score (nSPS) is 11.6. The summed E-state index contributed by atoms with van der Waals surface area (Å²) in [5, 5.41) is 0. The fourth-order valence-electron chi connectivity index (χ4n) is 1.16. The van der Waals surface area contributed by atoms with Crippen LogP contribution in [0.1, 0.15) is 45.4 Å². The molecule has 0 heterocycles. The predicted octanol–water partition coefficient (Wildman–Crippen LogP) is 2.45. The third kappa shape index (κ3) is 11.6. The molecule has 4 heteroatoms. The fourth-order valence-corrected chi connectivity index (χ4v) is 1.36. The van der Waals surface area contributed by atoms with Crippen molar-refractivity contribution in [2.24, 2.45) is 0 Å². The van der Waals surface area contributed by atoms with Crippen molar-refractivity contribution in [3.63, 3.8) is 0 Å². The lowest BCUT2D eigenvalue weighted by atomic mass is 10.1. The molecule has 0 aromatic rings. The van der Waals surface area contributed by atoms with E-state index in [0.29, 0.717) is 0 Å². The average molecular weight is 220 g/mol. The predicted molar refractivity (Wildman–Crippen MR) is 58.8 cm³/mol. The van der Waals surface area contributed by atoms with E-state index in [9.17, 15) is 8.42 Å². The molecular formula is C10H20O3S. The molecule has 0 aliphatic rings. The first kappa shape index (κ1) is 13.7. The highest BCUT2D eigenvalue weighted by Crippen LogP contribution is 2.05. The lowest BCUT2D eigenvalue weighted by molar-refractivity contribution is 0.374. The Morgan fingerprint density at radius 1 is 1.07 bits per heavy atom. The summed E-state index contributed by atoms with van der Waals surface area (Å²) in [6.07, 6.45) is 11.1. The number of allylic oxidation sites excluding steroid dienone is 1. The molecule has 0 fully saturated rings. The van der Waals surface area contributed by atoms with Crippen molar-refractivity contribution < 1.29 is 12.6 Å². The van der Waals surface area contributed by atoms with Crippen LogP contribution >= 0.6 is 0 Å². The molecule has 0 aliphatic heterocycles. The van der Waals surface area contributed by atoms with Crippen molar-refractivity contribution in [3.05, 3.63) is 12.2 Å². The SMILES string of the molecule is CCCCCCCC=CCO[SH](=O)=O. The van der Waals surface area contributed by atoms with Gasteiger partial charge in [-0.25, -0.2) is 8.42 Å². The molecule has 0 unspecified atom stereocenters. The van der Waals surface area contributed by atoms with Gasteiger partial charge in [0.25, 0.3) is 11.0 Å². The second-order valence-electron chi connectivity index (χ2n) is 3.19. The van der Waals surface area contributed by atoms with Crippen LogP contribution in [0.15, 0.2) is 12.2 Å². The van der Waals surface area contributed by atoms with Crippen LogP contribution in [0.25, 0.3) is 0 Å². The van der Waals surface area contributed by atoms with E-state index in [1.54, 1.807) is 6.08 Å². The summed E-state index contributed by atoms with van der Waals surface area (Å²) >= 11 is 0. The van der Waals surface area contributed by atoms with E-state index >= 15 is 0 Å². The minimum atomic E-state index is -2.68. The van der Waals surface area contributed by atoms with Crippen molar-refractivity contribution in [1.82, 2.24) is 0 Å². The van der Waals surface area contributed by atoms with Crippen LogP contribution in [-0.2, 0) is 15.2 Å². The van der Waals surface area contributed by atoms with Crippen LogP contribution in [0.2, 0.25) is 0 Å². The highest BCUT2D eigenvalue weighted by molar-refractivity contribution is 7.67. The molecule has 0 saturated carbocycles. The van der Waals surface area contributed by atoms with Crippen LogP contribution in [0.3, 0.4) is 0 Å². The van der Waals surface area contributed by atoms with Crippen molar-refractivity contribution in [1.29, 1.82) is 0 Å². The van der Waals surface area contributed by atoms with E-state index in [2.05, 4.69) is 11.1 Å². The molecule has 0 aliphatic carbocycles. The monoisotopic (exact) mass is 220 g/mol. The Labute approximate surface area is 88.3 Å². The average Bonchev–Trinajstić information content (AvgIpc) is 2.15. The summed E-state index contributed by atoms with van der Waals surface area (Å²) < 4.78 is 24.3. The Balaban J connectivity index is 3.10. The Morgan fingerprint density at radius 2 is 1.79 bits per heavy atom. The zero-order valence-corrected chi connectivity index (χ0v) is 9.67. The highest BCUT2D eigenvalue weighted by atomic mass is 32.2. The highest BCUT2D eigenvalue weighted by Gasteiger charge is 1.86. The maximum absolute atomic E-state index is 9.99. The van der Waals surface area contributed by atoms with E-state index in [0.717, 1.165) is 6.42 Å². The Kier molecular flexibility index (Phi) is 10.5. The maximum Gasteiger partial charge on any atom is 0.257 e. The third-order valence-electron chi connectivity index (χ3n) is 1.92. The van der Waals surface area contributed by atoms with Gasteiger partial charge in [-0.15, -0.1) is 0 Å². The Hall–Kier alpha value is -0.350. The Morgan fingerprint density at radius 3 is 2.43 bits per heavy atom. The minimum Gasteiger partial charge on any atom is -0.268 e. The van der Waals surface area contributed by atoms with Crippen molar-refractivity contribution in [3.8, 4) is 0 Å². The van der Waals surface area contributed by atoms with Gasteiger partial charge in [0, 0.05) is 0 Å². The minimum absolute atomic E-state index is 0.174. The quantitative estimate of drug-likeness (QED) is 0.369. The molecular weight excluding hydrogens is 200 g/mol. The summed E-state index contributed by atoms with van der Waals surface area (Å²) in [6.45, 7) is 2.37. The van der Waals surface area contributed by atoms with Gasteiger partial charge in [0.15, 0.2) is 0 Å². The summed E-state index contributed by atoms with van der Waals surface area (Å²) in [5.41, 5.74) is 0. The van der Waals surface area contributed by atoms with Crippen molar-refractivity contribution >= 4 is 11.0 Å². The zero-order chi connectivity index (χ0) is 10.6. The second kappa shape index (κ2) is 10.7. The topological polar surface area (TPSA) is 43.4 Å². The van der Waals surface area contributed by atoms with Crippen LogP contribution in [0, 0.1) is 0 Å². The molecule has 0 rings (SSSR count). The first-order valence-electron chi connectivity index (χ1n) is 5.19. The smallest absolute Gasteiger partial charge is 0.257 e. The summed E-state index contributed by atoms with van der Waals surface area (Å²) in [7, 11) is -2.68. The second-order valence-corrected chi connectivity index (χ2v) is 3.90. The molecule has 0 saturated heterocycles. The van der Waals surface area contributed by atoms with E-state index < -0.39 is 11.0 Å². The van der Waals surface area contributed by atoms with Gasteiger partial charge in [0.05, 0.1) is 6.61 Å². The van der Waals surface area contributed by atoms with Gasteiger partial charge in [-0.1, -0.05) is 44.8 Å². The van der Waals surface area contributed by atoms with E-state index in [1.165, 1.54) is 32.1 Å². The molecule has 0 spiro atoms. The van der Waals surface area contributed by atoms with Gasteiger partial charge < -0.3 is 0 Å². The van der Waals surface area contributed by atoms with Crippen LogP contribution in [0.4, 0.5) is 0 Å². The van der Waals surface area contributed by atoms with Gasteiger partial charge in [0.2, 0.25) is 0 Å². The molecule has 0 aromatic heterocycles. The molecule has 84 valence electrons. The van der Waals surface area contributed by atoms with Gasteiger partial charge in [-0.05, 0) is 12.8 Å². The molecule has 0 atom stereocenters. The largest absolute Gasteiger partial charge is 0.268 e. The number of thiol groups is 1. The molecule has 0 aromatic carbocycles. The van der Waals surface area contributed by atoms with Gasteiger partial charge in [0.1, 0.15) is 0 Å². The number of rotatable bonds is 9. The van der Waals surface area contributed by atoms with Crippen molar-refractivity contribution in [2.75, 3.05) is 6.61 Å². The van der Waals surface area contributed by atoms with E-state index in [-0.39, 0.29) is 6.61 Å². The first-order valence-corrected chi connectivity index (χ1v) is 6.29. The fraction of sp³-hybridized carbons (Fsp3) is 0.800. The summed E-state index contributed by atoms with van der Waals surface area (Å²) in [4.78, 5) is 0. The van der Waals surface area contributed by atoms with Gasteiger partial charge >= 0.3 is 0 Å². The van der Waals surface area contributed by atoms with Crippen LogP contribution in [0.5, 0.6) is 0 Å². The van der Waals surface area contributed by atoms with Crippen molar-refractivity contribution in [2.45, 2.75) is 45.4 Å². The lowest BCUT2D eigenvalue weighted by Gasteiger charge is -1.95. The lowest BCUT2D eigenvalue weighted by Crippen LogP contribution is -1.86. The molecule has 0 bridgehead atoms. The molecule has 0 N–H and O–H groups in total. The molecule has 14 heavy (non-hydrogen) atoms. The summed E-state index contributed by atoms with van der Waals surface area (Å²) in [6, 6.07) is 0. The molecule has 0 radical (unpaired) electrons. The van der Waals surface area contributed by atoms with Gasteiger partial charge in [-0.2, -0.15) is 0 Å². The Bertz CT molecular complexity index is 201. The van der Waals surface area contributed by atoms with Crippen LogP contribution in [-0.4, -0.2) is 15.0 Å². The number of hydrogen-bond donors (Lipinski definition) is 1. The first-order chi connectivity index (χ1) is 6.77. The number of hydrogen-bond acceptors (Lipinski definition) is 3.